The lowest BCUT2D eigenvalue weighted by molar-refractivity contribution is -0.384. The second kappa shape index (κ2) is 6.69. The van der Waals surface area contributed by atoms with Crippen LogP contribution >= 0.6 is 0 Å². The van der Waals surface area contributed by atoms with Crippen LogP contribution in [0, 0.1) is 10.1 Å². The van der Waals surface area contributed by atoms with Crippen LogP contribution in [0.2, 0.25) is 0 Å². The van der Waals surface area contributed by atoms with Gasteiger partial charge in [0, 0.05) is 17.8 Å². The molecule has 158 valence electrons. The molecule has 2 heterocycles. The predicted octanol–water partition coefficient (Wildman–Crippen LogP) is 3.23. The van der Waals surface area contributed by atoms with E-state index in [1.54, 1.807) is 0 Å². The van der Waals surface area contributed by atoms with Crippen molar-refractivity contribution >= 4 is 32.9 Å². The predicted molar refractivity (Wildman–Crippen MR) is 101 cm³/mol. The number of benzene rings is 2. The Morgan fingerprint density at radius 3 is 2.03 bits per heavy atom. The lowest BCUT2D eigenvalue weighted by Crippen LogP contribution is -2.38. The third kappa shape index (κ3) is 3.36. The monoisotopic (exact) mass is 441 g/mol. The Bertz CT molecular complexity index is 1150. The van der Waals surface area contributed by atoms with E-state index in [4.69, 9.17) is 0 Å². The average molecular weight is 441 g/mol. The second-order valence-corrected chi connectivity index (χ2v) is 9.21. The average Bonchev–Trinajstić information content (AvgIpc) is 3.09. The Balaban J connectivity index is 1.81. The van der Waals surface area contributed by atoms with Crippen LogP contribution in [0.5, 0.6) is 0 Å². The van der Waals surface area contributed by atoms with Crippen LogP contribution in [0.1, 0.15) is 5.56 Å². The fraction of sp³-hybridized carbons (Fsp3) is 0.278. The first-order chi connectivity index (χ1) is 14.0. The second-order valence-electron chi connectivity index (χ2n) is 7.06. The number of halogens is 3. The number of urea groups is 1. The molecule has 4 rings (SSSR count). The van der Waals surface area contributed by atoms with Gasteiger partial charge in [0.05, 0.1) is 39.8 Å². The molecule has 2 atom stereocenters. The van der Waals surface area contributed by atoms with Gasteiger partial charge in [0.2, 0.25) is 0 Å². The number of nitro groups is 1. The molecule has 0 radical (unpaired) electrons. The molecule has 2 aliphatic heterocycles. The molecule has 0 spiro atoms. The number of anilines is 2. The maximum Gasteiger partial charge on any atom is 0.416 e. The topological polar surface area (TPSA) is 101 Å². The Hall–Kier alpha value is -3.15. The molecule has 2 aromatic carbocycles. The van der Waals surface area contributed by atoms with Gasteiger partial charge in [-0.3, -0.25) is 19.9 Å². The van der Waals surface area contributed by atoms with Gasteiger partial charge < -0.3 is 0 Å². The first-order valence-corrected chi connectivity index (χ1v) is 10.5. The number of nitrogens with zero attached hydrogens (tertiary/aromatic N) is 3. The number of sulfone groups is 1. The van der Waals surface area contributed by atoms with Gasteiger partial charge in [-0.1, -0.05) is 12.1 Å². The van der Waals surface area contributed by atoms with Gasteiger partial charge in [-0.05, 0) is 24.3 Å². The molecule has 30 heavy (non-hydrogen) atoms. The van der Waals surface area contributed by atoms with Gasteiger partial charge in [-0.2, -0.15) is 13.2 Å². The molecular formula is C18H14F3N3O5S. The van der Waals surface area contributed by atoms with Gasteiger partial charge in [-0.15, -0.1) is 0 Å². The third-order valence-corrected chi connectivity index (χ3v) is 6.84. The highest BCUT2D eigenvalue weighted by Crippen LogP contribution is 2.40. The maximum atomic E-state index is 13.2. The number of hydrogen-bond acceptors (Lipinski definition) is 5. The Morgan fingerprint density at radius 1 is 0.967 bits per heavy atom. The number of non-ortho nitro benzene ring substituents is 1. The fourth-order valence-corrected chi connectivity index (χ4v) is 5.82. The van der Waals surface area contributed by atoms with Crippen LogP contribution in [0.15, 0.2) is 48.5 Å². The molecule has 2 aromatic rings. The first kappa shape index (κ1) is 20.1. The first-order valence-electron chi connectivity index (χ1n) is 8.72. The smallest absolute Gasteiger partial charge is 0.288 e. The summed E-state index contributed by atoms with van der Waals surface area (Å²) in [5.74, 6) is -0.799. The summed E-state index contributed by atoms with van der Waals surface area (Å²) in [4.78, 5) is 25.8. The van der Waals surface area contributed by atoms with Crippen molar-refractivity contribution in [1.82, 2.24) is 0 Å². The van der Waals surface area contributed by atoms with Crippen LogP contribution in [0.3, 0.4) is 0 Å². The van der Waals surface area contributed by atoms with E-state index >= 15 is 0 Å². The molecule has 0 N–H and O–H groups in total. The normalized spacial score (nSPS) is 23.0. The number of alkyl halides is 3. The zero-order valence-electron chi connectivity index (χ0n) is 15.1. The summed E-state index contributed by atoms with van der Waals surface area (Å²) < 4.78 is 63.9. The van der Waals surface area contributed by atoms with Crippen molar-refractivity contribution in [3.05, 3.63) is 64.2 Å². The highest BCUT2D eigenvalue weighted by molar-refractivity contribution is 7.91. The summed E-state index contributed by atoms with van der Waals surface area (Å²) in [6.45, 7) is 0. The summed E-state index contributed by atoms with van der Waals surface area (Å²) in [7, 11) is -3.57. The van der Waals surface area contributed by atoms with Crippen LogP contribution in [0.25, 0.3) is 0 Å². The van der Waals surface area contributed by atoms with E-state index in [-0.39, 0.29) is 22.8 Å². The van der Waals surface area contributed by atoms with Gasteiger partial charge in [0.15, 0.2) is 9.84 Å². The van der Waals surface area contributed by atoms with Crippen LogP contribution in [-0.2, 0) is 16.0 Å². The Labute approximate surface area is 168 Å². The highest BCUT2D eigenvalue weighted by atomic mass is 32.2. The van der Waals surface area contributed by atoms with Gasteiger partial charge >= 0.3 is 12.2 Å². The van der Waals surface area contributed by atoms with Crippen molar-refractivity contribution in [3.63, 3.8) is 0 Å². The van der Waals surface area contributed by atoms with Crippen LogP contribution in [0.4, 0.5) is 35.0 Å². The van der Waals surface area contributed by atoms with E-state index in [2.05, 4.69) is 0 Å². The SMILES string of the molecule is O=C1N(c2cccc([N+](=O)[O-])c2)[C@@H]2CS(=O)(=O)C[C@@H]2N1c1cccc(C(F)(F)F)c1. The minimum atomic E-state index is -4.64. The molecule has 0 aliphatic carbocycles. The molecule has 2 amide bonds. The maximum absolute atomic E-state index is 13.2. The molecule has 2 saturated heterocycles. The van der Waals surface area contributed by atoms with E-state index < -0.39 is 50.4 Å². The summed E-state index contributed by atoms with van der Waals surface area (Å²) in [5.41, 5.74) is -1.25. The highest BCUT2D eigenvalue weighted by Gasteiger charge is 2.54. The van der Waals surface area contributed by atoms with Gasteiger partial charge in [0.1, 0.15) is 0 Å². The summed E-state index contributed by atoms with van der Waals surface area (Å²) >= 11 is 0. The number of nitro benzene ring substituents is 1. The van der Waals surface area contributed by atoms with Gasteiger partial charge in [-0.25, -0.2) is 13.2 Å². The van der Waals surface area contributed by atoms with Crippen molar-refractivity contribution in [2.45, 2.75) is 18.3 Å². The molecule has 0 aromatic heterocycles. The molecule has 0 unspecified atom stereocenters. The van der Waals surface area contributed by atoms with Crippen molar-refractivity contribution < 1.29 is 31.3 Å². The molecule has 12 heteroatoms. The van der Waals surface area contributed by atoms with E-state index in [9.17, 15) is 36.5 Å². The van der Waals surface area contributed by atoms with E-state index in [0.717, 1.165) is 34.1 Å². The number of rotatable bonds is 3. The molecule has 8 nitrogen and oxygen atoms in total. The number of carbonyl (C=O) groups is 1. The van der Waals surface area contributed by atoms with Crippen LogP contribution in [-0.4, -0.2) is 43.0 Å². The quantitative estimate of drug-likeness (QED) is 0.414. The van der Waals surface area contributed by atoms with E-state index in [1.165, 1.54) is 24.3 Å². The largest absolute Gasteiger partial charge is 0.416 e. The summed E-state index contributed by atoms with van der Waals surface area (Å²) in [6, 6.07) is 6.68. The Kier molecular flexibility index (Phi) is 4.49. The molecular weight excluding hydrogens is 427 g/mol. The van der Waals surface area contributed by atoms with Crippen molar-refractivity contribution in [1.29, 1.82) is 0 Å². The molecule has 2 aliphatic rings. The Morgan fingerprint density at radius 2 is 1.50 bits per heavy atom. The zero-order valence-corrected chi connectivity index (χ0v) is 15.9. The summed E-state index contributed by atoms with van der Waals surface area (Å²) in [5, 5.41) is 11.1. The number of fused-ring (bicyclic) bond motifs is 1. The minimum absolute atomic E-state index is 0.0881. The number of amides is 2. The van der Waals surface area contributed by atoms with Gasteiger partial charge in [0.25, 0.3) is 5.69 Å². The van der Waals surface area contributed by atoms with E-state index in [0.29, 0.717) is 0 Å². The van der Waals surface area contributed by atoms with Crippen molar-refractivity contribution in [3.8, 4) is 0 Å². The standard InChI is InChI=1S/C18H14F3N3O5S/c19-18(20,21)11-3-1-4-12(7-11)22-15-9-30(28,29)10-16(15)23(17(22)25)13-5-2-6-14(8-13)24(26)27/h1-8,15-16H,9-10H2/t15-,16+/m0/s1. The van der Waals surface area contributed by atoms with E-state index in [1.807, 2.05) is 0 Å². The lowest BCUT2D eigenvalue weighted by atomic mass is 10.1. The summed E-state index contributed by atoms with van der Waals surface area (Å²) in [6.07, 6.45) is -4.64. The zero-order chi connectivity index (χ0) is 21.8. The molecule has 0 saturated carbocycles. The third-order valence-electron chi connectivity index (χ3n) is 5.14. The minimum Gasteiger partial charge on any atom is -0.288 e. The molecule has 0 bridgehead atoms. The van der Waals surface area contributed by atoms with Crippen molar-refractivity contribution in [2.75, 3.05) is 21.3 Å². The van der Waals surface area contributed by atoms with Crippen molar-refractivity contribution in [2.24, 2.45) is 0 Å². The number of carbonyl (C=O) groups excluding carboxylic acids is 1. The molecule has 2 fully saturated rings. The fourth-order valence-electron chi connectivity index (χ4n) is 3.90. The lowest BCUT2D eigenvalue weighted by Gasteiger charge is -2.23. The number of hydrogen-bond donors (Lipinski definition) is 0. The van der Waals surface area contributed by atoms with Crippen LogP contribution < -0.4 is 9.80 Å².